The molecule has 4 heteroatoms. The second-order valence-corrected chi connectivity index (χ2v) is 4.80. The van der Waals surface area contributed by atoms with Crippen LogP contribution in [0.25, 0.3) is 22.2 Å². The number of halogens is 1. The normalized spacial score (nSPS) is 10.7. The highest BCUT2D eigenvalue weighted by atomic mass is 79.9. The van der Waals surface area contributed by atoms with Gasteiger partial charge in [-0.05, 0) is 36.4 Å². The SMILES string of the molecule is N=c1oc2ccc(Br)cc2cc1-c1ccccn1. The number of nitrogens with one attached hydrogen (secondary N) is 1. The van der Waals surface area contributed by atoms with Crippen LogP contribution in [0.4, 0.5) is 0 Å². The highest BCUT2D eigenvalue weighted by Crippen LogP contribution is 2.22. The van der Waals surface area contributed by atoms with Gasteiger partial charge >= 0.3 is 0 Å². The molecule has 0 atom stereocenters. The molecule has 0 bridgehead atoms. The molecule has 0 spiro atoms. The molecule has 2 aromatic heterocycles. The van der Waals surface area contributed by atoms with Crippen LogP contribution >= 0.6 is 15.9 Å². The molecule has 0 radical (unpaired) electrons. The van der Waals surface area contributed by atoms with Crippen molar-refractivity contribution in [2.75, 3.05) is 0 Å². The van der Waals surface area contributed by atoms with Gasteiger partial charge in [-0.1, -0.05) is 22.0 Å². The van der Waals surface area contributed by atoms with E-state index in [1.165, 1.54) is 0 Å². The standard InChI is InChI=1S/C14H9BrN2O/c15-10-4-5-13-9(7-10)8-11(14(16)18-13)12-3-1-2-6-17-12/h1-8,16H. The van der Waals surface area contributed by atoms with E-state index in [2.05, 4.69) is 20.9 Å². The molecular formula is C14H9BrN2O. The zero-order valence-electron chi connectivity index (χ0n) is 9.35. The van der Waals surface area contributed by atoms with Crippen molar-refractivity contribution < 1.29 is 4.42 Å². The molecule has 88 valence electrons. The minimum Gasteiger partial charge on any atom is -0.438 e. The number of nitrogens with zero attached hydrogens (tertiary/aromatic N) is 1. The van der Waals surface area contributed by atoms with Crippen molar-refractivity contribution in [3.8, 4) is 11.3 Å². The van der Waals surface area contributed by atoms with E-state index in [-0.39, 0.29) is 5.55 Å². The van der Waals surface area contributed by atoms with Gasteiger partial charge in [0.05, 0.1) is 11.3 Å². The maximum Gasteiger partial charge on any atom is 0.221 e. The Bertz CT molecular complexity index is 766. The lowest BCUT2D eigenvalue weighted by Gasteiger charge is -2.03. The minimum atomic E-state index is 0.128. The van der Waals surface area contributed by atoms with Crippen LogP contribution in [-0.4, -0.2) is 4.98 Å². The van der Waals surface area contributed by atoms with Crippen LogP contribution in [-0.2, 0) is 0 Å². The summed E-state index contributed by atoms with van der Waals surface area (Å²) in [6.07, 6.45) is 1.71. The smallest absolute Gasteiger partial charge is 0.221 e. The van der Waals surface area contributed by atoms with E-state index < -0.39 is 0 Å². The van der Waals surface area contributed by atoms with E-state index in [1.54, 1.807) is 6.20 Å². The average molecular weight is 301 g/mol. The fourth-order valence-corrected chi connectivity index (χ4v) is 2.20. The first kappa shape index (κ1) is 11.2. The molecule has 0 amide bonds. The van der Waals surface area contributed by atoms with Gasteiger partial charge in [-0.2, -0.15) is 0 Å². The third kappa shape index (κ3) is 1.95. The summed E-state index contributed by atoms with van der Waals surface area (Å²) in [6.45, 7) is 0. The predicted octanol–water partition coefficient (Wildman–Crippen LogP) is 3.74. The van der Waals surface area contributed by atoms with Crippen LogP contribution in [0.15, 0.2) is 57.6 Å². The van der Waals surface area contributed by atoms with Crippen LogP contribution in [0, 0.1) is 5.41 Å². The van der Waals surface area contributed by atoms with Crippen molar-refractivity contribution in [3.05, 3.63) is 58.7 Å². The zero-order chi connectivity index (χ0) is 12.5. The Morgan fingerprint density at radius 3 is 2.78 bits per heavy atom. The number of benzene rings is 1. The number of hydrogen-bond acceptors (Lipinski definition) is 3. The maximum absolute atomic E-state index is 7.93. The van der Waals surface area contributed by atoms with E-state index in [4.69, 9.17) is 9.83 Å². The molecule has 0 saturated heterocycles. The van der Waals surface area contributed by atoms with Gasteiger partial charge in [0.25, 0.3) is 0 Å². The van der Waals surface area contributed by atoms with Crippen molar-refractivity contribution in [1.82, 2.24) is 4.98 Å². The van der Waals surface area contributed by atoms with Gasteiger partial charge in [-0.25, -0.2) is 0 Å². The Morgan fingerprint density at radius 2 is 2.00 bits per heavy atom. The molecule has 1 aromatic carbocycles. The summed E-state index contributed by atoms with van der Waals surface area (Å²) in [5, 5.41) is 8.87. The van der Waals surface area contributed by atoms with Crippen molar-refractivity contribution >= 4 is 26.9 Å². The lowest BCUT2D eigenvalue weighted by molar-refractivity contribution is 0.535. The Morgan fingerprint density at radius 1 is 1.11 bits per heavy atom. The number of pyridine rings is 1. The third-order valence-electron chi connectivity index (χ3n) is 2.67. The van der Waals surface area contributed by atoms with E-state index in [0.29, 0.717) is 11.1 Å². The van der Waals surface area contributed by atoms with Gasteiger partial charge in [0.2, 0.25) is 5.55 Å². The lowest BCUT2D eigenvalue weighted by Crippen LogP contribution is -2.03. The predicted molar refractivity (Wildman–Crippen MR) is 73.0 cm³/mol. The average Bonchev–Trinajstić information content (AvgIpc) is 2.39. The number of hydrogen-bond donors (Lipinski definition) is 1. The first-order valence-electron chi connectivity index (χ1n) is 5.43. The summed E-state index contributed by atoms with van der Waals surface area (Å²) < 4.78 is 6.49. The first-order chi connectivity index (χ1) is 8.74. The minimum absolute atomic E-state index is 0.128. The summed E-state index contributed by atoms with van der Waals surface area (Å²) in [6, 6.07) is 13.2. The summed E-state index contributed by atoms with van der Waals surface area (Å²) in [7, 11) is 0. The second kappa shape index (κ2) is 4.38. The Balaban J connectivity index is 2.31. The van der Waals surface area contributed by atoms with Crippen molar-refractivity contribution in [1.29, 1.82) is 5.41 Å². The fraction of sp³-hybridized carbons (Fsp3) is 0. The van der Waals surface area contributed by atoms with Crippen LogP contribution in [0.1, 0.15) is 0 Å². The molecule has 3 aromatic rings. The number of aromatic nitrogens is 1. The van der Waals surface area contributed by atoms with Crippen molar-refractivity contribution in [2.45, 2.75) is 0 Å². The maximum atomic E-state index is 7.93. The Kier molecular flexibility index (Phi) is 2.72. The van der Waals surface area contributed by atoms with Crippen LogP contribution in [0.3, 0.4) is 0 Å². The highest BCUT2D eigenvalue weighted by Gasteiger charge is 2.06. The van der Waals surface area contributed by atoms with Gasteiger partial charge in [-0.15, -0.1) is 0 Å². The van der Waals surface area contributed by atoms with Gasteiger partial charge < -0.3 is 4.42 Å². The van der Waals surface area contributed by atoms with Crippen LogP contribution < -0.4 is 5.55 Å². The van der Waals surface area contributed by atoms with Gasteiger partial charge in [-0.3, -0.25) is 10.4 Å². The molecule has 18 heavy (non-hydrogen) atoms. The molecule has 1 N–H and O–H groups in total. The second-order valence-electron chi connectivity index (χ2n) is 3.89. The Hall–Kier alpha value is -1.94. The summed E-state index contributed by atoms with van der Waals surface area (Å²) in [5.74, 6) is 0. The topological polar surface area (TPSA) is 49.9 Å². The van der Waals surface area contributed by atoms with E-state index in [1.807, 2.05) is 42.5 Å². The molecule has 0 aliphatic rings. The van der Waals surface area contributed by atoms with Crippen molar-refractivity contribution in [2.24, 2.45) is 0 Å². The van der Waals surface area contributed by atoms with Gasteiger partial charge in [0.1, 0.15) is 5.58 Å². The van der Waals surface area contributed by atoms with E-state index in [0.717, 1.165) is 15.6 Å². The van der Waals surface area contributed by atoms with E-state index in [9.17, 15) is 0 Å². The van der Waals surface area contributed by atoms with E-state index >= 15 is 0 Å². The molecule has 0 unspecified atom stereocenters. The first-order valence-corrected chi connectivity index (χ1v) is 6.23. The quantitative estimate of drug-likeness (QED) is 0.744. The molecule has 0 fully saturated rings. The van der Waals surface area contributed by atoms with Gasteiger partial charge in [0.15, 0.2) is 0 Å². The van der Waals surface area contributed by atoms with Crippen LogP contribution in [0.5, 0.6) is 0 Å². The molecule has 3 rings (SSSR count). The molecule has 2 heterocycles. The zero-order valence-corrected chi connectivity index (χ0v) is 10.9. The number of fused-ring (bicyclic) bond motifs is 1. The Labute approximate surface area is 112 Å². The fourth-order valence-electron chi connectivity index (χ4n) is 1.82. The lowest BCUT2D eigenvalue weighted by atomic mass is 10.1. The number of rotatable bonds is 1. The monoisotopic (exact) mass is 300 g/mol. The summed E-state index contributed by atoms with van der Waals surface area (Å²) >= 11 is 3.43. The highest BCUT2D eigenvalue weighted by molar-refractivity contribution is 9.10. The molecule has 3 nitrogen and oxygen atoms in total. The molecule has 0 aliphatic heterocycles. The van der Waals surface area contributed by atoms with Gasteiger partial charge in [0, 0.05) is 16.1 Å². The van der Waals surface area contributed by atoms with Crippen molar-refractivity contribution in [3.63, 3.8) is 0 Å². The third-order valence-corrected chi connectivity index (χ3v) is 3.16. The summed E-state index contributed by atoms with van der Waals surface area (Å²) in [5.41, 5.74) is 2.26. The molecule has 0 saturated carbocycles. The largest absolute Gasteiger partial charge is 0.438 e. The van der Waals surface area contributed by atoms with Crippen LogP contribution in [0.2, 0.25) is 0 Å². The molecule has 0 aliphatic carbocycles. The summed E-state index contributed by atoms with van der Waals surface area (Å²) in [4.78, 5) is 4.25. The molecular weight excluding hydrogens is 292 g/mol.